The van der Waals surface area contributed by atoms with E-state index in [0.717, 1.165) is 19.3 Å². The first kappa shape index (κ1) is 38.9. The highest BCUT2D eigenvalue weighted by atomic mass is 35.5. The molecule has 0 saturated carbocycles. The van der Waals surface area contributed by atoms with Crippen LogP contribution < -0.4 is 18.9 Å². The summed E-state index contributed by atoms with van der Waals surface area (Å²) in [6.07, 6.45) is 1.94. The molecule has 1 atom stereocenters. The molecule has 0 unspecified atom stereocenters. The number of ether oxygens (including phenoxy) is 5. The molecule has 1 aliphatic carbocycles. The predicted octanol–water partition coefficient (Wildman–Crippen LogP) is 5.44. The first-order valence-corrected chi connectivity index (χ1v) is 15.7. The smallest absolute Gasteiger partial charge is 0.356 e. The van der Waals surface area contributed by atoms with Crippen LogP contribution in [0.1, 0.15) is 71.4 Å². The quantitative estimate of drug-likeness (QED) is 0.159. The maximum absolute atomic E-state index is 13.5. The standard InChI is InChI=1S/C37H35ClO14/c1-14-10-22(18(5)30(40)26(14)34(44)51-23-13-24(48-8)27(33(42)43)17(4)16(23)3)50-35(45)28-19(6)29(38)32(20(7)31(28)41)52-36(46)37(47)15(2)11-21(39)12-25(37)49-9/h10-13,40-41,47H,1-9H3,(H,42,43)/t37-/m1/s1. The zero-order valence-electron chi connectivity index (χ0n) is 29.6. The summed E-state index contributed by atoms with van der Waals surface area (Å²) in [4.78, 5) is 63.8. The number of aryl methyl sites for hydroxylation is 1. The SMILES string of the molecule is COC1=CC(=O)C=C(C)[C@]1(O)C(=O)Oc1c(C)c(O)c(C(=O)Oc2cc(C)c(C(=O)Oc3cc(OC)c(C(=O)O)c(C)c3C)c(O)c2C)c(C)c1Cl. The Labute approximate surface area is 302 Å². The number of aromatic carboxylic acids is 1. The minimum atomic E-state index is -2.49. The van der Waals surface area contributed by atoms with Gasteiger partial charge in [0.1, 0.15) is 51.2 Å². The summed E-state index contributed by atoms with van der Waals surface area (Å²) in [5.41, 5.74) is -2.88. The number of aliphatic hydroxyl groups is 1. The van der Waals surface area contributed by atoms with Crippen molar-refractivity contribution >= 4 is 41.3 Å². The van der Waals surface area contributed by atoms with Gasteiger partial charge in [-0.25, -0.2) is 19.2 Å². The average molecular weight is 739 g/mol. The van der Waals surface area contributed by atoms with Crippen LogP contribution in [-0.2, 0) is 14.3 Å². The number of carbonyl (C=O) groups excluding carboxylic acids is 4. The van der Waals surface area contributed by atoms with E-state index in [1.807, 2.05) is 0 Å². The van der Waals surface area contributed by atoms with E-state index in [2.05, 4.69) is 0 Å². The summed E-state index contributed by atoms with van der Waals surface area (Å²) in [5.74, 6) is -7.45. The number of rotatable bonds is 9. The molecule has 274 valence electrons. The van der Waals surface area contributed by atoms with Crippen LogP contribution in [0, 0.1) is 41.5 Å². The van der Waals surface area contributed by atoms with Gasteiger partial charge in [0.05, 0.1) is 19.2 Å². The molecule has 0 spiro atoms. The summed E-state index contributed by atoms with van der Waals surface area (Å²) < 4.78 is 26.8. The van der Waals surface area contributed by atoms with Crippen LogP contribution in [0.25, 0.3) is 0 Å². The van der Waals surface area contributed by atoms with Crippen molar-refractivity contribution in [3.05, 3.63) is 90.7 Å². The monoisotopic (exact) mass is 738 g/mol. The second kappa shape index (κ2) is 14.4. The van der Waals surface area contributed by atoms with E-state index in [-0.39, 0.29) is 67.0 Å². The number of phenols is 2. The molecule has 0 amide bonds. The Bertz CT molecular complexity index is 2130. The molecule has 0 radical (unpaired) electrons. The molecule has 14 nitrogen and oxygen atoms in total. The minimum Gasteiger partial charge on any atom is -0.507 e. The Morgan fingerprint density at radius 1 is 0.673 bits per heavy atom. The number of allylic oxidation sites excluding steroid dienone is 2. The van der Waals surface area contributed by atoms with Crippen LogP contribution in [0.4, 0.5) is 0 Å². The fourth-order valence-corrected chi connectivity index (χ4v) is 5.91. The van der Waals surface area contributed by atoms with Crippen molar-refractivity contribution in [3.63, 3.8) is 0 Å². The van der Waals surface area contributed by atoms with E-state index in [4.69, 9.17) is 35.3 Å². The van der Waals surface area contributed by atoms with Gasteiger partial charge < -0.3 is 44.1 Å². The number of esters is 3. The molecule has 4 N–H and O–H groups in total. The van der Waals surface area contributed by atoms with Crippen LogP contribution >= 0.6 is 11.6 Å². The largest absolute Gasteiger partial charge is 0.507 e. The summed E-state index contributed by atoms with van der Waals surface area (Å²) >= 11 is 6.53. The maximum Gasteiger partial charge on any atom is 0.356 e. The van der Waals surface area contributed by atoms with Gasteiger partial charge in [-0.15, -0.1) is 0 Å². The molecule has 15 heteroatoms. The molecule has 1 aliphatic rings. The lowest BCUT2D eigenvalue weighted by Gasteiger charge is -2.30. The van der Waals surface area contributed by atoms with Gasteiger partial charge in [0.25, 0.3) is 0 Å². The molecule has 0 aromatic heterocycles. The summed E-state index contributed by atoms with van der Waals surface area (Å²) in [6, 6.07) is 2.54. The second-order valence-electron chi connectivity index (χ2n) is 12.0. The zero-order valence-corrected chi connectivity index (χ0v) is 30.3. The van der Waals surface area contributed by atoms with E-state index in [1.165, 1.54) is 60.8 Å². The molecule has 0 saturated heterocycles. The number of hydrogen-bond acceptors (Lipinski definition) is 13. The molecule has 52 heavy (non-hydrogen) atoms. The Morgan fingerprint density at radius 3 is 1.79 bits per heavy atom. The summed E-state index contributed by atoms with van der Waals surface area (Å²) in [7, 11) is 2.42. The van der Waals surface area contributed by atoms with Crippen LogP contribution in [0.3, 0.4) is 0 Å². The Hall–Kier alpha value is -5.86. The van der Waals surface area contributed by atoms with Gasteiger partial charge in [0.15, 0.2) is 11.5 Å². The van der Waals surface area contributed by atoms with E-state index in [1.54, 1.807) is 6.92 Å². The van der Waals surface area contributed by atoms with Crippen LogP contribution in [-0.4, -0.2) is 69.9 Å². The molecule has 3 aromatic carbocycles. The number of benzene rings is 3. The van der Waals surface area contributed by atoms with Crippen molar-refractivity contribution < 1.29 is 68.1 Å². The topological polar surface area (TPSA) is 212 Å². The van der Waals surface area contributed by atoms with E-state index >= 15 is 0 Å². The Kier molecular flexibility index (Phi) is 10.8. The first-order valence-electron chi connectivity index (χ1n) is 15.4. The molecular weight excluding hydrogens is 704 g/mol. The van der Waals surface area contributed by atoms with Crippen LogP contribution in [0.5, 0.6) is 34.5 Å². The third-order valence-corrected chi connectivity index (χ3v) is 9.33. The second-order valence-corrected chi connectivity index (χ2v) is 12.4. The number of hydrogen-bond donors (Lipinski definition) is 4. The fraction of sp³-hybridized carbons (Fsp3) is 0.270. The van der Waals surface area contributed by atoms with Crippen molar-refractivity contribution in [2.75, 3.05) is 14.2 Å². The van der Waals surface area contributed by atoms with Crippen molar-refractivity contribution in [1.29, 1.82) is 0 Å². The van der Waals surface area contributed by atoms with E-state index in [0.29, 0.717) is 11.1 Å². The third kappa shape index (κ3) is 6.53. The number of ketones is 1. The van der Waals surface area contributed by atoms with E-state index in [9.17, 15) is 44.4 Å². The van der Waals surface area contributed by atoms with Gasteiger partial charge in [-0.3, -0.25) is 4.79 Å². The van der Waals surface area contributed by atoms with E-state index < -0.39 is 58.1 Å². The van der Waals surface area contributed by atoms with Gasteiger partial charge in [-0.1, -0.05) is 11.6 Å². The minimum absolute atomic E-state index is 0.00571. The van der Waals surface area contributed by atoms with Gasteiger partial charge in [0.2, 0.25) is 5.60 Å². The van der Waals surface area contributed by atoms with Gasteiger partial charge in [-0.2, -0.15) is 0 Å². The number of aromatic hydroxyl groups is 2. The highest BCUT2D eigenvalue weighted by molar-refractivity contribution is 6.34. The van der Waals surface area contributed by atoms with Crippen molar-refractivity contribution in [2.24, 2.45) is 0 Å². The average Bonchev–Trinajstić information content (AvgIpc) is 3.07. The molecule has 3 aromatic rings. The van der Waals surface area contributed by atoms with Gasteiger partial charge in [-0.05, 0) is 88.4 Å². The molecule has 0 heterocycles. The molecule has 0 aliphatic heterocycles. The Balaban J connectivity index is 1.65. The predicted molar refractivity (Wildman–Crippen MR) is 184 cm³/mol. The van der Waals surface area contributed by atoms with Crippen molar-refractivity contribution in [2.45, 2.75) is 54.1 Å². The molecule has 0 bridgehead atoms. The number of carboxylic acid groups (broad SMARTS) is 1. The van der Waals surface area contributed by atoms with Crippen molar-refractivity contribution in [1.82, 2.24) is 0 Å². The number of methoxy groups -OCH3 is 2. The lowest BCUT2D eigenvalue weighted by Crippen LogP contribution is -2.47. The first-order chi connectivity index (χ1) is 24.2. The summed E-state index contributed by atoms with van der Waals surface area (Å²) in [6.45, 7) is 9.85. The molecule has 4 rings (SSSR count). The maximum atomic E-state index is 13.5. The zero-order chi connectivity index (χ0) is 39.1. The molecule has 0 fully saturated rings. The molecular formula is C37H35ClO14. The third-order valence-electron chi connectivity index (χ3n) is 8.87. The van der Waals surface area contributed by atoms with Gasteiger partial charge in [0, 0.05) is 23.3 Å². The lowest BCUT2D eigenvalue weighted by molar-refractivity contribution is -0.151. The number of carbonyl (C=O) groups is 5. The van der Waals surface area contributed by atoms with Crippen LogP contribution in [0.2, 0.25) is 5.02 Å². The fourth-order valence-electron chi connectivity index (χ4n) is 5.63. The summed E-state index contributed by atoms with van der Waals surface area (Å²) in [5, 5.41) is 42.7. The van der Waals surface area contributed by atoms with Crippen LogP contribution in [0.15, 0.2) is 35.6 Å². The lowest BCUT2D eigenvalue weighted by atomic mass is 9.87. The van der Waals surface area contributed by atoms with Gasteiger partial charge >= 0.3 is 23.9 Å². The van der Waals surface area contributed by atoms with Crippen molar-refractivity contribution in [3.8, 4) is 34.5 Å². The highest BCUT2D eigenvalue weighted by Gasteiger charge is 2.48. The highest BCUT2D eigenvalue weighted by Crippen LogP contribution is 2.44. The normalized spacial score (nSPS) is 15.3. The Morgan fingerprint density at radius 2 is 1.23 bits per heavy atom. The number of halogens is 1. The number of carboxylic acids is 1. The number of phenolic OH excluding ortho intramolecular Hbond substituents is 2.